The molecule has 1 heterocycles. The summed E-state index contributed by atoms with van der Waals surface area (Å²) in [6.07, 6.45) is -4.24. The molecule has 0 spiro atoms. The molecule has 0 aliphatic carbocycles. The van der Waals surface area contributed by atoms with Crippen LogP contribution in [0.5, 0.6) is 0 Å². The Morgan fingerprint density at radius 2 is 1.96 bits per heavy atom. The van der Waals surface area contributed by atoms with Gasteiger partial charge in [0.15, 0.2) is 5.82 Å². The Morgan fingerprint density at radius 1 is 1.27 bits per heavy atom. The quantitative estimate of drug-likeness (QED) is 0.594. The molecule has 0 aliphatic heterocycles. The van der Waals surface area contributed by atoms with Gasteiger partial charge in [-0.1, -0.05) is 18.2 Å². The van der Waals surface area contributed by atoms with Crippen molar-refractivity contribution in [3.05, 3.63) is 36.3 Å². The lowest BCUT2D eigenvalue weighted by atomic mass is 9.98. The molecule has 26 heavy (non-hydrogen) atoms. The van der Waals surface area contributed by atoms with Crippen molar-refractivity contribution in [3.8, 4) is 0 Å². The molecule has 2 atom stereocenters. The summed E-state index contributed by atoms with van der Waals surface area (Å²) >= 11 is 1.08. The second-order valence-corrected chi connectivity index (χ2v) is 6.93. The highest BCUT2D eigenvalue weighted by Gasteiger charge is 2.56. The van der Waals surface area contributed by atoms with Crippen molar-refractivity contribution in [1.82, 2.24) is 9.97 Å². The number of halogens is 3. The molecule has 2 rings (SSSR count). The van der Waals surface area contributed by atoms with Gasteiger partial charge in [-0.2, -0.15) is 24.9 Å². The van der Waals surface area contributed by atoms with Crippen LogP contribution in [0.15, 0.2) is 30.5 Å². The largest absolute Gasteiger partial charge is 0.480 e. The maximum Gasteiger partial charge on any atom is 0.424 e. The number of carboxylic acids is 1. The third kappa shape index (κ3) is 4.63. The molecule has 2 aromatic rings. The number of nitrogens with two attached hydrogens (primary N) is 1. The van der Waals surface area contributed by atoms with Gasteiger partial charge in [0.05, 0.1) is 5.52 Å². The number of aliphatic carboxylic acids is 1. The molecule has 0 aliphatic rings. The van der Waals surface area contributed by atoms with Gasteiger partial charge in [0, 0.05) is 18.0 Å². The zero-order valence-corrected chi connectivity index (χ0v) is 14.4. The number of hydrogen-bond acceptors (Lipinski definition) is 6. The second-order valence-electron chi connectivity index (χ2n) is 5.71. The summed E-state index contributed by atoms with van der Waals surface area (Å²) in [4.78, 5) is 18.2. The predicted octanol–water partition coefficient (Wildman–Crippen LogP) is 2.30. The molecule has 0 saturated heterocycles. The first-order valence-corrected chi connectivity index (χ1v) is 8.88. The van der Waals surface area contributed by atoms with E-state index in [4.69, 9.17) is 10.8 Å². The summed E-state index contributed by atoms with van der Waals surface area (Å²) in [5.41, 5.74) is 2.46. The van der Waals surface area contributed by atoms with Crippen LogP contribution in [0.25, 0.3) is 10.9 Å². The molecule has 0 radical (unpaired) electrons. The average Bonchev–Trinajstić information content (AvgIpc) is 2.59. The minimum Gasteiger partial charge on any atom is -0.480 e. The third-order valence-corrected chi connectivity index (χ3v) is 4.84. The van der Waals surface area contributed by atoms with E-state index in [0.29, 0.717) is 10.9 Å². The normalized spacial score (nSPS) is 15.6. The molecular weight excluding hydrogens is 371 g/mol. The molecule has 142 valence electrons. The van der Waals surface area contributed by atoms with Gasteiger partial charge in [-0.05, 0) is 24.0 Å². The van der Waals surface area contributed by atoms with Crippen molar-refractivity contribution in [2.45, 2.75) is 30.7 Å². The van der Waals surface area contributed by atoms with Gasteiger partial charge in [-0.15, -0.1) is 0 Å². The van der Waals surface area contributed by atoms with E-state index in [-0.39, 0.29) is 17.9 Å². The standard InChI is InChI=1S/C16H18F3N3O3S/c17-16(18,19)15(25,6-8-26-7-5-11(20)13(23)24)14-21-9-10-3-1-2-4-12(10)22-14/h1-4,9,11,25H,5-8,20H2,(H,23,24). The molecule has 0 fully saturated rings. The van der Waals surface area contributed by atoms with Crippen LogP contribution in [0.3, 0.4) is 0 Å². The van der Waals surface area contributed by atoms with Crippen LogP contribution in [0, 0.1) is 0 Å². The lowest BCUT2D eigenvalue weighted by molar-refractivity contribution is -0.270. The molecule has 1 aromatic heterocycles. The zero-order chi connectivity index (χ0) is 19.4. The third-order valence-electron chi connectivity index (χ3n) is 3.83. The van der Waals surface area contributed by atoms with Crippen LogP contribution in [0.4, 0.5) is 13.2 Å². The number of thioether (sulfide) groups is 1. The number of fused-ring (bicyclic) bond motifs is 1. The molecule has 1 aromatic carbocycles. The molecule has 2 unspecified atom stereocenters. The van der Waals surface area contributed by atoms with E-state index in [2.05, 4.69) is 9.97 Å². The van der Waals surface area contributed by atoms with Gasteiger partial charge in [0.2, 0.25) is 5.60 Å². The number of rotatable bonds is 8. The van der Waals surface area contributed by atoms with Crippen LogP contribution in [-0.2, 0) is 10.4 Å². The van der Waals surface area contributed by atoms with Gasteiger partial charge in [0.25, 0.3) is 0 Å². The Bertz CT molecular complexity index is 775. The number of benzene rings is 1. The second kappa shape index (κ2) is 8.19. The van der Waals surface area contributed by atoms with Crippen molar-refractivity contribution < 1.29 is 28.2 Å². The highest BCUT2D eigenvalue weighted by Crippen LogP contribution is 2.41. The summed E-state index contributed by atoms with van der Waals surface area (Å²) in [5, 5.41) is 19.5. The Kier molecular flexibility index (Phi) is 6.43. The van der Waals surface area contributed by atoms with Gasteiger partial charge in [0.1, 0.15) is 6.04 Å². The van der Waals surface area contributed by atoms with E-state index in [1.54, 1.807) is 24.3 Å². The summed E-state index contributed by atoms with van der Waals surface area (Å²) in [7, 11) is 0. The molecule has 0 saturated carbocycles. The molecule has 6 nitrogen and oxygen atoms in total. The molecule has 0 bridgehead atoms. The minimum absolute atomic E-state index is 0.0570. The number of nitrogens with zero attached hydrogens (tertiary/aromatic N) is 2. The highest BCUT2D eigenvalue weighted by atomic mass is 32.2. The van der Waals surface area contributed by atoms with Crippen LogP contribution < -0.4 is 5.73 Å². The van der Waals surface area contributed by atoms with E-state index in [1.165, 1.54) is 6.20 Å². The van der Waals surface area contributed by atoms with Gasteiger partial charge < -0.3 is 15.9 Å². The van der Waals surface area contributed by atoms with E-state index in [1.807, 2.05) is 0 Å². The molecule has 0 amide bonds. The maximum absolute atomic E-state index is 13.5. The monoisotopic (exact) mass is 389 g/mol. The van der Waals surface area contributed by atoms with E-state index >= 15 is 0 Å². The number of aliphatic hydroxyl groups is 1. The lowest BCUT2D eigenvalue weighted by Crippen LogP contribution is -2.44. The fraction of sp³-hybridized carbons (Fsp3) is 0.438. The number of aromatic nitrogens is 2. The minimum atomic E-state index is -4.95. The SMILES string of the molecule is NC(CCSCCC(O)(c1ncc2ccccc2n1)C(F)(F)F)C(=O)O. The van der Waals surface area contributed by atoms with Crippen LogP contribution >= 0.6 is 11.8 Å². The summed E-state index contributed by atoms with van der Waals surface area (Å²) in [5.74, 6) is -1.66. The van der Waals surface area contributed by atoms with Gasteiger partial charge in [-0.25, -0.2) is 9.97 Å². The number of alkyl halides is 3. The van der Waals surface area contributed by atoms with E-state index in [0.717, 1.165) is 11.8 Å². The molecular formula is C16H18F3N3O3S. The maximum atomic E-state index is 13.5. The van der Waals surface area contributed by atoms with Crippen LogP contribution in [0.1, 0.15) is 18.7 Å². The first-order valence-electron chi connectivity index (χ1n) is 7.72. The Hall–Kier alpha value is -1.91. The molecule has 10 heteroatoms. The number of carbonyl (C=O) groups is 1. The Labute approximate surface area is 151 Å². The highest BCUT2D eigenvalue weighted by molar-refractivity contribution is 7.99. The van der Waals surface area contributed by atoms with Crippen molar-refractivity contribution >= 4 is 28.6 Å². The summed E-state index contributed by atoms with van der Waals surface area (Å²) in [6.45, 7) is 0. The number of para-hydroxylation sites is 1. The fourth-order valence-corrected chi connectivity index (χ4v) is 3.27. The lowest BCUT2D eigenvalue weighted by Gasteiger charge is -2.29. The first kappa shape index (κ1) is 20.4. The van der Waals surface area contributed by atoms with E-state index < -0.39 is 36.0 Å². The fourth-order valence-electron chi connectivity index (χ4n) is 2.21. The van der Waals surface area contributed by atoms with Crippen molar-refractivity contribution in [2.24, 2.45) is 5.73 Å². The van der Waals surface area contributed by atoms with Crippen molar-refractivity contribution in [2.75, 3.05) is 11.5 Å². The summed E-state index contributed by atoms with van der Waals surface area (Å²) < 4.78 is 40.5. The van der Waals surface area contributed by atoms with Gasteiger partial charge in [-0.3, -0.25) is 4.79 Å². The topological polar surface area (TPSA) is 109 Å². The number of carboxylic acid groups (broad SMARTS) is 1. The molecule has 4 N–H and O–H groups in total. The Balaban J connectivity index is 2.11. The first-order chi connectivity index (χ1) is 12.1. The van der Waals surface area contributed by atoms with Crippen LogP contribution in [-0.4, -0.2) is 49.9 Å². The van der Waals surface area contributed by atoms with Crippen molar-refractivity contribution in [1.29, 1.82) is 0 Å². The predicted molar refractivity (Wildman–Crippen MR) is 91.7 cm³/mol. The van der Waals surface area contributed by atoms with E-state index in [9.17, 15) is 23.1 Å². The zero-order valence-electron chi connectivity index (χ0n) is 13.6. The Morgan fingerprint density at radius 3 is 2.62 bits per heavy atom. The van der Waals surface area contributed by atoms with Crippen LogP contribution in [0.2, 0.25) is 0 Å². The van der Waals surface area contributed by atoms with Crippen molar-refractivity contribution in [3.63, 3.8) is 0 Å². The van der Waals surface area contributed by atoms with Gasteiger partial charge >= 0.3 is 12.1 Å². The smallest absolute Gasteiger partial charge is 0.424 e. The average molecular weight is 389 g/mol. The summed E-state index contributed by atoms with van der Waals surface area (Å²) in [6, 6.07) is 5.48. The number of hydrogen-bond donors (Lipinski definition) is 3.